The molecule has 2 heterocycles. The second-order valence-electron chi connectivity index (χ2n) is 9.92. The van der Waals surface area contributed by atoms with Gasteiger partial charge in [-0.3, -0.25) is 4.79 Å². The zero-order valence-corrected chi connectivity index (χ0v) is 23.7. The van der Waals surface area contributed by atoms with Gasteiger partial charge >= 0.3 is 12.1 Å². The summed E-state index contributed by atoms with van der Waals surface area (Å²) >= 11 is 0. The predicted molar refractivity (Wildman–Crippen MR) is 143 cm³/mol. The number of aromatic nitrogens is 2. The molecule has 1 saturated heterocycles. The average Bonchev–Trinajstić information content (AvgIpc) is 2.91. The Kier molecular flexibility index (Phi) is 8.50. The van der Waals surface area contributed by atoms with E-state index in [1.807, 2.05) is 6.07 Å². The standard InChI is InChI=1S/C28H29F3N4O5S/c1-17(2)40-27(37)23-19(4)32-25(20-9-6-5-7-10-20)33-24(23)26(36)34-13-14-35(18(3)16-34)41(38,39)22-12-8-11-21(15-22)28(29,30)31/h5-12,15,17-18H,13-14,16H2,1-4H3. The number of ether oxygens (including phenoxy) is 1. The number of carbonyl (C=O) groups is 2. The Hall–Kier alpha value is -3.84. The summed E-state index contributed by atoms with van der Waals surface area (Å²) in [5, 5.41) is 0. The van der Waals surface area contributed by atoms with Gasteiger partial charge in [0.1, 0.15) is 11.3 Å². The summed E-state index contributed by atoms with van der Waals surface area (Å²) in [7, 11) is -4.30. The maximum atomic E-state index is 13.8. The smallest absolute Gasteiger partial charge is 0.416 e. The van der Waals surface area contributed by atoms with Crippen molar-refractivity contribution in [2.45, 2.75) is 50.9 Å². The van der Waals surface area contributed by atoms with Crippen molar-refractivity contribution in [3.05, 3.63) is 77.1 Å². The van der Waals surface area contributed by atoms with Gasteiger partial charge in [-0.25, -0.2) is 23.2 Å². The van der Waals surface area contributed by atoms with Crippen LogP contribution in [-0.4, -0.2) is 71.2 Å². The number of esters is 1. The number of aryl methyl sites for hydroxylation is 1. The highest BCUT2D eigenvalue weighted by Gasteiger charge is 2.39. The highest BCUT2D eigenvalue weighted by Crippen LogP contribution is 2.32. The molecule has 1 aliphatic heterocycles. The molecule has 1 aromatic heterocycles. The van der Waals surface area contributed by atoms with Crippen LogP contribution in [0.4, 0.5) is 13.2 Å². The van der Waals surface area contributed by atoms with Crippen LogP contribution in [0.5, 0.6) is 0 Å². The lowest BCUT2D eigenvalue weighted by Gasteiger charge is -2.39. The summed E-state index contributed by atoms with van der Waals surface area (Å²) in [5.41, 5.74) is -0.474. The number of benzene rings is 2. The summed E-state index contributed by atoms with van der Waals surface area (Å²) < 4.78 is 72.6. The molecule has 0 radical (unpaired) electrons. The largest absolute Gasteiger partial charge is 0.459 e. The lowest BCUT2D eigenvalue weighted by atomic mass is 10.1. The van der Waals surface area contributed by atoms with Gasteiger partial charge in [-0.2, -0.15) is 17.5 Å². The Bertz CT molecular complexity index is 1560. The minimum Gasteiger partial charge on any atom is -0.459 e. The molecule has 0 saturated carbocycles. The predicted octanol–water partition coefficient (Wildman–Crippen LogP) is 4.57. The van der Waals surface area contributed by atoms with Crippen LogP contribution < -0.4 is 0 Å². The maximum Gasteiger partial charge on any atom is 0.416 e. The fourth-order valence-corrected chi connectivity index (χ4v) is 6.22. The van der Waals surface area contributed by atoms with Crippen molar-refractivity contribution in [3.8, 4) is 11.4 Å². The average molecular weight is 591 g/mol. The van der Waals surface area contributed by atoms with E-state index in [4.69, 9.17) is 4.74 Å². The number of piperazine rings is 1. The first-order valence-corrected chi connectivity index (χ1v) is 14.3. The molecule has 4 rings (SSSR count). The molecule has 0 spiro atoms. The number of sulfonamides is 1. The molecule has 0 bridgehead atoms. The zero-order chi connectivity index (χ0) is 30.1. The van der Waals surface area contributed by atoms with E-state index in [1.165, 1.54) is 4.90 Å². The fraction of sp³-hybridized carbons (Fsp3) is 0.357. The van der Waals surface area contributed by atoms with Crippen molar-refractivity contribution in [2.24, 2.45) is 0 Å². The highest BCUT2D eigenvalue weighted by molar-refractivity contribution is 7.89. The number of carbonyl (C=O) groups excluding carboxylic acids is 2. The maximum absolute atomic E-state index is 13.8. The van der Waals surface area contributed by atoms with Crippen LogP contribution in [-0.2, 0) is 20.9 Å². The monoisotopic (exact) mass is 590 g/mol. The Morgan fingerprint density at radius 1 is 1.02 bits per heavy atom. The minimum absolute atomic E-state index is 0.0796. The fourth-order valence-electron chi connectivity index (χ4n) is 4.56. The molecule has 9 nitrogen and oxygen atoms in total. The summed E-state index contributed by atoms with van der Waals surface area (Å²) in [6.07, 6.45) is -5.17. The van der Waals surface area contributed by atoms with Crippen molar-refractivity contribution in [3.63, 3.8) is 0 Å². The van der Waals surface area contributed by atoms with Gasteiger partial charge in [0.15, 0.2) is 5.82 Å². The van der Waals surface area contributed by atoms with E-state index < -0.39 is 50.7 Å². The summed E-state index contributed by atoms with van der Waals surface area (Å²) in [5.74, 6) is -1.16. The van der Waals surface area contributed by atoms with Crippen LogP contribution in [0.25, 0.3) is 11.4 Å². The summed E-state index contributed by atoms with van der Waals surface area (Å²) in [6.45, 7) is 6.12. The molecule has 1 fully saturated rings. The van der Waals surface area contributed by atoms with Crippen molar-refractivity contribution in [1.82, 2.24) is 19.2 Å². The topological polar surface area (TPSA) is 110 Å². The first kappa shape index (κ1) is 30.1. The second kappa shape index (κ2) is 11.6. The van der Waals surface area contributed by atoms with Gasteiger partial charge in [0.05, 0.1) is 22.3 Å². The van der Waals surface area contributed by atoms with Crippen LogP contribution in [0.3, 0.4) is 0 Å². The van der Waals surface area contributed by atoms with Gasteiger partial charge in [-0.15, -0.1) is 0 Å². The number of alkyl halides is 3. The Morgan fingerprint density at radius 3 is 2.32 bits per heavy atom. The molecular weight excluding hydrogens is 561 g/mol. The van der Waals surface area contributed by atoms with Crippen molar-refractivity contribution in [2.75, 3.05) is 19.6 Å². The number of hydrogen-bond acceptors (Lipinski definition) is 7. The van der Waals surface area contributed by atoms with E-state index in [0.717, 1.165) is 22.5 Å². The number of nitrogens with zero attached hydrogens (tertiary/aromatic N) is 4. The van der Waals surface area contributed by atoms with Crippen molar-refractivity contribution in [1.29, 1.82) is 0 Å². The van der Waals surface area contributed by atoms with Crippen LogP contribution in [0.2, 0.25) is 0 Å². The van der Waals surface area contributed by atoms with E-state index in [-0.39, 0.29) is 42.4 Å². The van der Waals surface area contributed by atoms with Crippen LogP contribution in [0.15, 0.2) is 59.5 Å². The number of halogens is 3. The van der Waals surface area contributed by atoms with Gasteiger partial charge in [0.25, 0.3) is 5.91 Å². The molecule has 2 aromatic carbocycles. The lowest BCUT2D eigenvalue weighted by Crippen LogP contribution is -2.55. The molecular formula is C28H29F3N4O5S. The first-order valence-electron chi connectivity index (χ1n) is 12.8. The Labute approximate surface area is 236 Å². The van der Waals surface area contributed by atoms with Gasteiger partial charge in [-0.1, -0.05) is 36.4 Å². The molecule has 3 aromatic rings. The third-order valence-electron chi connectivity index (χ3n) is 6.49. The molecule has 41 heavy (non-hydrogen) atoms. The molecule has 1 unspecified atom stereocenters. The van der Waals surface area contributed by atoms with Gasteiger partial charge in [0, 0.05) is 31.2 Å². The third-order valence-corrected chi connectivity index (χ3v) is 8.50. The van der Waals surface area contributed by atoms with Crippen LogP contribution in [0, 0.1) is 6.92 Å². The minimum atomic E-state index is -4.70. The molecule has 1 atom stereocenters. The molecule has 1 aliphatic rings. The Morgan fingerprint density at radius 2 is 1.71 bits per heavy atom. The summed E-state index contributed by atoms with van der Waals surface area (Å²) in [6, 6.07) is 11.7. The normalized spacial score (nSPS) is 16.6. The zero-order valence-electron chi connectivity index (χ0n) is 22.8. The van der Waals surface area contributed by atoms with E-state index in [9.17, 15) is 31.2 Å². The highest BCUT2D eigenvalue weighted by atomic mass is 32.2. The number of amides is 1. The van der Waals surface area contributed by atoms with Gasteiger partial charge in [0.2, 0.25) is 10.0 Å². The van der Waals surface area contributed by atoms with E-state index in [2.05, 4.69) is 9.97 Å². The SMILES string of the molecule is Cc1nc(-c2ccccc2)nc(C(=O)N2CCN(S(=O)(=O)c3cccc(C(F)(F)F)c3)C(C)C2)c1C(=O)OC(C)C. The van der Waals surface area contributed by atoms with Crippen molar-refractivity contribution < 1.29 is 35.9 Å². The second-order valence-corrected chi connectivity index (χ2v) is 11.8. The number of hydrogen-bond donors (Lipinski definition) is 0. The molecule has 0 aliphatic carbocycles. The molecule has 0 N–H and O–H groups in total. The molecule has 1 amide bonds. The third kappa shape index (κ3) is 6.41. The Balaban J connectivity index is 1.65. The van der Waals surface area contributed by atoms with E-state index in [1.54, 1.807) is 52.0 Å². The van der Waals surface area contributed by atoms with Gasteiger partial charge in [-0.05, 0) is 45.9 Å². The summed E-state index contributed by atoms with van der Waals surface area (Å²) in [4.78, 5) is 36.5. The molecule has 13 heteroatoms. The van der Waals surface area contributed by atoms with Gasteiger partial charge < -0.3 is 9.64 Å². The quantitative estimate of drug-likeness (QED) is 0.387. The van der Waals surface area contributed by atoms with Crippen molar-refractivity contribution >= 4 is 21.9 Å². The molecule has 218 valence electrons. The number of rotatable bonds is 6. The lowest BCUT2D eigenvalue weighted by molar-refractivity contribution is -0.137. The first-order chi connectivity index (χ1) is 19.2. The van der Waals surface area contributed by atoms with E-state index in [0.29, 0.717) is 11.6 Å². The van der Waals surface area contributed by atoms with Crippen LogP contribution in [0.1, 0.15) is 52.9 Å². The van der Waals surface area contributed by atoms with Crippen LogP contribution >= 0.6 is 0 Å². The van der Waals surface area contributed by atoms with E-state index >= 15 is 0 Å².